The molecule has 2 aromatic rings. The molecule has 8 heteroatoms. The van der Waals surface area contributed by atoms with Gasteiger partial charge in [0.1, 0.15) is 5.75 Å². The summed E-state index contributed by atoms with van der Waals surface area (Å²) in [4.78, 5) is 25.5. The van der Waals surface area contributed by atoms with Gasteiger partial charge in [-0.3, -0.25) is 9.59 Å². The van der Waals surface area contributed by atoms with Crippen molar-refractivity contribution in [2.75, 3.05) is 13.7 Å². The third-order valence-corrected chi connectivity index (χ3v) is 5.77. The van der Waals surface area contributed by atoms with E-state index in [1.165, 1.54) is 6.07 Å². The van der Waals surface area contributed by atoms with Gasteiger partial charge in [-0.2, -0.15) is 13.2 Å². The Morgan fingerprint density at radius 1 is 1.09 bits per heavy atom. The molecule has 0 heterocycles. The number of ether oxygens (including phenoxy) is 2. The highest BCUT2D eigenvalue weighted by Gasteiger charge is 2.36. The highest BCUT2D eigenvalue weighted by molar-refractivity contribution is 5.95. The van der Waals surface area contributed by atoms with Gasteiger partial charge in [0.05, 0.1) is 25.2 Å². The van der Waals surface area contributed by atoms with E-state index in [1.54, 1.807) is 13.0 Å². The molecule has 0 fully saturated rings. The second-order valence-electron chi connectivity index (χ2n) is 8.43. The van der Waals surface area contributed by atoms with E-state index in [1.807, 2.05) is 38.1 Å². The minimum atomic E-state index is -4.65. The fourth-order valence-electron chi connectivity index (χ4n) is 4.38. The molecule has 1 N–H and O–H groups in total. The summed E-state index contributed by atoms with van der Waals surface area (Å²) in [6, 6.07) is 8.68. The van der Waals surface area contributed by atoms with Crippen molar-refractivity contribution in [1.82, 2.24) is 5.32 Å². The molecule has 1 aliphatic carbocycles. The molecule has 1 amide bonds. The number of halogens is 3. The van der Waals surface area contributed by atoms with Gasteiger partial charge in [0.15, 0.2) is 0 Å². The molecule has 1 aliphatic rings. The van der Waals surface area contributed by atoms with Crippen molar-refractivity contribution in [3.63, 3.8) is 0 Å². The van der Waals surface area contributed by atoms with E-state index >= 15 is 0 Å². The van der Waals surface area contributed by atoms with E-state index in [-0.39, 0.29) is 29.8 Å². The van der Waals surface area contributed by atoms with Gasteiger partial charge in [0.25, 0.3) is 5.91 Å². The fraction of sp³-hybridized carbons (Fsp3) is 0.385. The van der Waals surface area contributed by atoms with Crippen LogP contribution in [0.15, 0.2) is 48.6 Å². The van der Waals surface area contributed by atoms with Crippen molar-refractivity contribution in [3.8, 4) is 5.75 Å². The zero-order chi connectivity index (χ0) is 25.0. The monoisotopic (exact) mass is 475 g/mol. The Bertz CT molecular complexity index is 1070. The molecule has 0 saturated heterocycles. The van der Waals surface area contributed by atoms with E-state index in [0.717, 1.165) is 35.9 Å². The average molecular weight is 476 g/mol. The van der Waals surface area contributed by atoms with Gasteiger partial charge in [-0.05, 0) is 56.9 Å². The van der Waals surface area contributed by atoms with Crippen LogP contribution >= 0.6 is 0 Å². The number of esters is 1. The molecule has 3 rings (SSSR count). The van der Waals surface area contributed by atoms with Crippen molar-refractivity contribution in [1.29, 1.82) is 0 Å². The summed E-state index contributed by atoms with van der Waals surface area (Å²) >= 11 is 0. The maximum Gasteiger partial charge on any atom is 0.419 e. The number of allylic oxidation sites excluding steroid dienone is 1. The molecular formula is C26H28F3NO4. The summed E-state index contributed by atoms with van der Waals surface area (Å²) in [6.07, 6.45) is -0.603. The predicted octanol–water partition coefficient (Wildman–Crippen LogP) is 5.35. The summed E-state index contributed by atoms with van der Waals surface area (Å²) in [5.74, 6) is -2.11. The highest BCUT2D eigenvalue weighted by Crippen LogP contribution is 2.37. The molecule has 34 heavy (non-hydrogen) atoms. The molecule has 0 radical (unpaired) electrons. The molecule has 0 bridgehead atoms. The number of benzene rings is 2. The van der Waals surface area contributed by atoms with Gasteiger partial charge in [-0.15, -0.1) is 0 Å². The Kier molecular flexibility index (Phi) is 7.69. The number of hydrogen-bond donors (Lipinski definition) is 1. The van der Waals surface area contributed by atoms with E-state index in [2.05, 4.69) is 5.32 Å². The van der Waals surface area contributed by atoms with Crippen LogP contribution in [0.4, 0.5) is 13.2 Å². The Hall–Kier alpha value is -3.29. The van der Waals surface area contributed by atoms with Gasteiger partial charge in [-0.1, -0.05) is 41.5 Å². The maximum absolute atomic E-state index is 13.3. The zero-order valence-electron chi connectivity index (χ0n) is 19.5. The van der Waals surface area contributed by atoms with Crippen molar-refractivity contribution in [2.45, 2.75) is 45.3 Å². The highest BCUT2D eigenvalue weighted by atomic mass is 19.4. The zero-order valence-corrected chi connectivity index (χ0v) is 19.5. The number of methoxy groups -OCH3 is 1. The van der Waals surface area contributed by atoms with Crippen LogP contribution in [0.25, 0.3) is 0 Å². The molecule has 0 aromatic heterocycles. The summed E-state index contributed by atoms with van der Waals surface area (Å²) in [7, 11) is 1.14. The lowest BCUT2D eigenvalue weighted by molar-refractivity contribution is -0.146. The average Bonchev–Trinajstić information content (AvgIpc) is 3.20. The van der Waals surface area contributed by atoms with Gasteiger partial charge in [0.2, 0.25) is 0 Å². The lowest BCUT2D eigenvalue weighted by Crippen LogP contribution is -2.34. The number of carbonyl (C=O) groups excluding carboxylic acids is 2. The lowest BCUT2D eigenvalue weighted by Gasteiger charge is -2.23. The molecule has 182 valence electrons. The maximum atomic E-state index is 13.3. The van der Waals surface area contributed by atoms with Crippen molar-refractivity contribution >= 4 is 11.9 Å². The largest absolute Gasteiger partial charge is 0.496 e. The van der Waals surface area contributed by atoms with Crippen LogP contribution in [0.5, 0.6) is 5.75 Å². The first-order valence-corrected chi connectivity index (χ1v) is 11.0. The quantitative estimate of drug-likeness (QED) is 0.433. The minimum absolute atomic E-state index is 0.124. The first kappa shape index (κ1) is 25.3. The SMILES string of the molecule is CCOC(=O)[C@H](c1cc(C)cc(C)c1)[C@H]1C=C[C@H](NC(=O)c2ccc(OC)c(C(F)(F)F)c2)C1. The molecule has 0 spiro atoms. The molecule has 0 saturated carbocycles. The van der Waals surface area contributed by atoms with E-state index in [9.17, 15) is 22.8 Å². The molecule has 3 atom stereocenters. The Balaban J connectivity index is 1.78. The topological polar surface area (TPSA) is 64.6 Å². The number of rotatable bonds is 7. The third kappa shape index (κ3) is 5.79. The van der Waals surface area contributed by atoms with Crippen molar-refractivity contribution in [3.05, 3.63) is 76.4 Å². The third-order valence-electron chi connectivity index (χ3n) is 5.77. The fourth-order valence-corrected chi connectivity index (χ4v) is 4.38. The number of nitrogens with one attached hydrogen (secondary N) is 1. The van der Waals surface area contributed by atoms with Crippen LogP contribution in [0.1, 0.15) is 51.9 Å². The number of amides is 1. The first-order chi connectivity index (χ1) is 16.0. The van der Waals surface area contributed by atoms with Crippen LogP contribution < -0.4 is 10.1 Å². The smallest absolute Gasteiger partial charge is 0.419 e. The second-order valence-corrected chi connectivity index (χ2v) is 8.43. The van der Waals surface area contributed by atoms with Gasteiger partial charge >= 0.3 is 12.1 Å². The number of carbonyl (C=O) groups is 2. The van der Waals surface area contributed by atoms with Gasteiger partial charge < -0.3 is 14.8 Å². The Labute approximate surface area is 196 Å². The summed E-state index contributed by atoms with van der Waals surface area (Å²) in [5.41, 5.74) is 1.75. The van der Waals surface area contributed by atoms with E-state index < -0.39 is 29.6 Å². The Morgan fingerprint density at radius 3 is 2.35 bits per heavy atom. The second kappa shape index (κ2) is 10.3. The molecule has 0 unspecified atom stereocenters. The summed E-state index contributed by atoms with van der Waals surface area (Å²) in [6.45, 7) is 5.90. The van der Waals surface area contributed by atoms with Crippen molar-refractivity contribution < 1.29 is 32.2 Å². The van der Waals surface area contributed by atoms with Crippen molar-refractivity contribution in [2.24, 2.45) is 5.92 Å². The molecular weight excluding hydrogens is 447 g/mol. The lowest BCUT2D eigenvalue weighted by atomic mass is 9.84. The summed E-state index contributed by atoms with van der Waals surface area (Å²) < 4.78 is 50.0. The molecule has 2 aromatic carbocycles. The summed E-state index contributed by atoms with van der Waals surface area (Å²) in [5, 5.41) is 2.76. The van der Waals surface area contributed by atoms with Crippen LogP contribution in [0.3, 0.4) is 0 Å². The van der Waals surface area contributed by atoms with Crippen LogP contribution in [0.2, 0.25) is 0 Å². The van der Waals surface area contributed by atoms with Crippen LogP contribution in [-0.2, 0) is 15.7 Å². The first-order valence-electron chi connectivity index (χ1n) is 11.0. The van der Waals surface area contributed by atoms with Crippen LogP contribution in [-0.4, -0.2) is 31.6 Å². The minimum Gasteiger partial charge on any atom is -0.496 e. The van der Waals surface area contributed by atoms with Crippen LogP contribution in [0, 0.1) is 19.8 Å². The standard InChI is InChI=1S/C26H28F3NO4/c1-5-34-25(32)23(19-11-15(2)10-16(3)12-19)17-6-8-20(13-17)30-24(31)18-7-9-22(33-4)21(14-18)26(27,28)29/h6-12,14,17,20,23H,5,13H2,1-4H3,(H,30,31)/t17-,20-,23-/m0/s1. The number of hydrogen-bond acceptors (Lipinski definition) is 4. The predicted molar refractivity (Wildman–Crippen MR) is 122 cm³/mol. The number of aryl methyl sites for hydroxylation is 2. The molecule has 0 aliphatic heterocycles. The Morgan fingerprint density at radius 2 is 1.76 bits per heavy atom. The number of alkyl halides is 3. The normalized spacial score (nSPS) is 18.4. The van der Waals surface area contributed by atoms with E-state index in [0.29, 0.717) is 6.42 Å². The van der Waals surface area contributed by atoms with E-state index in [4.69, 9.17) is 9.47 Å². The van der Waals surface area contributed by atoms with Gasteiger partial charge in [-0.25, -0.2) is 0 Å². The molecule has 5 nitrogen and oxygen atoms in total. The van der Waals surface area contributed by atoms with Gasteiger partial charge in [0, 0.05) is 11.6 Å².